The summed E-state index contributed by atoms with van der Waals surface area (Å²) in [6, 6.07) is 0. The van der Waals surface area contributed by atoms with Gasteiger partial charge in [0.25, 0.3) is 0 Å². The molecule has 0 fully saturated rings. The Balaban J connectivity index is 0. The number of hydrogen-bond donors (Lipinski definition) is 1. The maximum Gasteiger partial charge on any atom is 0.306 e. The Morgan fingerprint density at radius 2 is 2.11 bits per heavy atom. The van der Waals surface area contributed by atoms with Gasteiger partial charge in [0.1, 0.15) is 0 Å². The van der Waals surface area contributed by atoms with E-state index in [9.17, 15) is 4.79 Å². The van der Waals surface area contributed by atoms with Crippen LogP contribution in [0.25, 0.3) is 0 Å². The van der Waals surface area contributed by atoms with E-state index in [-0.39, 0.29) is 23.0 Å². The third kappa shape index (κ3) is 5.87. The zero-order valence-electron chi connectivity index (χ0n) is 5.65. The van der Waals surface area contributed by atoms with Gasteiger partial charge in [-0.25, -0.2) is 0 Å². The van der Waals surface area contributed by atoms with Crippen molar-refractivity contribution in [2.75, 3.05) is 0 Å². The van der Waals surface area contributed by atoms with E-state index in [1.54, 1.807) is 6.92 Å². The van der Waals surface area contributed by atoms with Crippen molar-refractivity contribution < 1.29 is 27.0 Å². The molecule has 0 saturated carbocycles. The number of carboxylic acid groups (broad SMARTS) is 1. The zero-order valence-corrected chi connectivity index (χ0v) is 6.59. The monoisotopic (exact) mass is 179 g/mol. The Kier molecular flexibility index (Phi) is 7.98. The molecule has 1 N–H and O–H groups in total. The molecule has 0 aliphatic carbocycles. The molecule has 0 aromatic rings. The summed E-state index contributed by atoms with van der Waals surface area (Å²) in [4.78, 5) is 10.1. The summed E-state index contributed by atoms with van der Waals surface area (Å²) >= 11 is 0. The fraction of sp³-hybridized carbons (Fsp3) is 0.833. The molecule has 3 heteroatoms. The SMILES string of the molecule is CCCC(C)C(=O)O.[Cu]. The van der Waals surface area contributed by atoms with Crippen molar-refractivity contribution in [3.8, 4) is 0 Å². The fourth-order valence-electron chi connectivity index (χ4n) is 0.556. The topological polar surface area (TPSA) is 37.3 Å². The van der Waals surface area contributed by atoms with Crippen molar-refractivity contribution in [3.05, 3.63) is 0 Å². The first-order valence-corrected chi connectivity index (χ1v) is 2.91. The second-order valence-corrected chi connectivity index (χ2v) is 2.03. The van der Waals surface area contributed by atoms with E-state index in [1.807, 2.05) is 6.92 Å². The largest absolute Gasteiger partial charge is 0.481 e. The van der Waals surface area contributed by atoms with Crippen molar-refractivity contribution in [1.82, 2.24) is 0 Å². The normalized spacial score (nSPS) is 11.8. The molecule has 1 atom stereocenters. The smallest absolute Gasteiger partial charge is 0.306 e. The standard InChI is InChI=1S/C6H12O2.Cu/c1-3-4-5(2)6(7)8;/h5H,3-4H2,1-2H3,(H,7,8);. The quantitative estimate of drug-likeness (QED) is 0.667. The molecule has 0 aliphatic rings. The van der Waals surface area contributed by atoms with Crippen LogP contribution in [0.5, 0.6) is 0 Å². The third-order valence-electron chi connectivity index (χ3n) is 1.14. The van der Waals surface area contributed by atoms with Gasteiger partial charge in [-0.15, -0.1) is 0 Å². The first-order chi connectivity index (χ1) is 3.68. The number of carbonyl (C=O) groups is 1. The van der Waals surface area contributed by atoms with Crippen molar-refractivity contribution in [1.29, 1.82) is 0 Å². The Bertz CT molecular complexity index is 83.1. The summed E-state index contributed by atoms with van der Waals surface area (Å²) in [5.74, 6) is -0.855. The molecule has 0 spiro atoms. The van der Waals surface area contributed by atoms with E-state index in [1.165, 1.54) is 0 Å². The van der Waals surface area contributed by atoms with Gasteiger partial charge in [0.2, 0.25) is 0 Å². The van der Waals surface area contributed by atoms with E-state index >= 15 is 0 Å². The van der Waals surface area contributed by atoms with Crippen molar-refractivity contribution in [3.63, 3.8) is 0 Å². The van der Waals surface area contributed by atoms with Crippen molar-refractivity contribution >= 4 is 5.97 Å². The molecule has 9 heavy (non-hydrogen) atoms. The second kappa shape index (κ2) is 6.11. The van der Waals surface area contributed by atoms with Gasteiger partial charge in [0.15, 0.2) is 0 Å². The number of carboxylic acids is 1. The van der Waals surface area contributed by atoms with Gasteiger partial charge in [-0.3, -0.25) is 4.79 Å². The van der Waals surface area contributed by atoms with Gasteiger partial charge in [-0.1, -0.05) is 20.3 Å². The van der Waals surface area contributed by atoms with Gasteiger partial charge in [-0.2, -0.15) is 0 Å². The summed E-state index contributed by atoms with van der Waals surface area (Å²) in [7, 11) is 0. The predicted octanol–water partition coefficient (Wildman–Crippen LogP) is 1.50. The molecule has 0 aliphatic heterocycles. The minimum absolute atomic E-state index is 0. The van der Waals surface area contributed by atoms with Gasteiger partial charge in [0.05, 0.1) is 5.92 Å². The van der Waals surface area contributed by atoms with Crippen LogP contribution in [0.4, 0.5) is 0 Å². The molecule has 0 heterocycles. The fourth-order valence-corrected chi connectivity index (χ4v) is 0.556. The summed E-state index contributed by atoms with van der Waals surface area (Å²) in [6.07, 6.45) is 1.74. The molecule has 0 saturated heterocycles. The number of hydrogen-bond acceptors (Lipinski definition) is 1. The van der Waals surface area contributed by atoms with Gasteiger partial charge in [0, 0.05) is 17.1 Å². The van der Waals surface area contributed by atoms with E-state index in [0.29, 0.717) is 0 Å². The first-order valence-electron chi connectivity index (χ1n) is 2.91. The molecule has 0 amide bonds. The van der Waals surface area contributed by atoms with Crippen LogP contribution < -0.4 is 0 Å². The summed E-state index contributed by atoms with van der Waals surface area (Å²) < 4.78 is 0. The Morgan fingerprint density at radius 1 is 1.67 bits per heavy atom. The first kappa shape index (κ1) is 11.7. The van der Waals surface area contributed by atoms with Crippen LogP contribution in [0, 0.1) is 5.92 Å². The molecule has 59 valence electrons. The Labute approximate surface area is 66.1 Å². The van der Waals surface area contributed by atoms with Crippen LogP contribution >= 0.6 is 0 Å². The third-order valence-corrected chi connectivity index (χ3v) is 1.14. The molecule has 0 aromatic carbocycles. The van der Waals surface area contributed by atoms with E-state index < -0.39 is 5.97 Å². The minimum Gasteiger partial charge on any atom is -0.481 e. The predicted molar refractivity (Wildman–Crippen MR) is 31.7 cm³/mol. The van der Waals surface area contributed by atoms with Gasteiger partial charge in [-0.05, 0) is 6.42 Å². The Hall–Kier alpha value is -0.0105. The van der Waals surface area contributed by atoms with Gasteiger partial charge >= 0.3 is 5.97 Å². The molecule has 2 nitrogen and oxygen atoms in total. The minimum atomic E-state index is -0.688. The van der Waals surface area contributed by atoms with Crippen LogP contribution in [-0.4, -0.2) is 11.1 Å². The number of rotatable bonds is 3. The number of aliphatic carboxylic acids is 1. The molecule has 0 aromatic heterocycles. The molecule has 1 radical (unpaired) electrons. The summed E-state index contributed by atoms with van der Waals surface area (Å²) in [5.41, 5.74) is 0. The maximum atomic E-state index is 10.1. The molecular formula is C6H12CuO2. The average molecular weight is 180 g/mol. The molecule has 0 bridgehead atoms. The molecular weight excluding hydrogens is 168 g/mol. The molecule has 1 unspecified atom stereocenters. The summed E-state index contributed by atoms with van der Waals surface area (Å²) in [5, 5.41) is 8.31. The second-order valence-electron chi connectivity index (χ2n) is 2.03. The van der Waals surface area contributed by atoms with Crippen LogP contribution in [0.2, 0.25) is 0 Å². The summed E-state index contributed by atoms with van der Waals surface area (Å²) in [6.45, 7) is 3.71. The van der Waals surface area contributed by atoms with Crippen LogP contribution in [0.15, 0.2) is 0 Å². The van der Waals surface area contributed by atoms with Crippen LogP contribution in [0.1, 0.15) is 26.7 Å². The van der Waals surface area contributed by atoms with Crippen molar-refractivity contribution in [2.24, 2.45) is 5.92 Å². The van der Waals surface area contributed by atoms with Gasteiger partial charge < -0.3 is 5.11 Å². The average Bonchev–Trinajstić information content (AvgIpc) is 1.67. The Morgan fingerprint density at radius 3 is 2.22 bits per heavy atom. The van der Waals surface area contributed by atoms with E-state index in [2.05, 4.69) is 0 Å². The van der Waals surface area contributed by atoms with Crippen LogP contribution in [-0.2, 0) is 21.9 Å². The van der Waals surface area contributed by atoms with E-state index in [0.717, 1.165) is 12.8 Å². The maximum absolute atomic E-state index is 10.1. The van der Waals surface area contributed by atoms with Crippen LogP contribution in [0.3, 0.4) is 0 Å². The molecule has 0 rings (SSSR count). The van der Waals surface area contributed by atoms with Crippen molar-refractivity contribution in [2.45, 2.75) is 26.7 Å². The zero-order chi connectivity index (χ0) is 6.57. The van der Waals surface area contributed by atoms with E-state index in [4.69, 9.17) is 5.11 Å².